The normalized spacial score (nSPS) is 12.0. The number of pyridine rings is 1. The first-order valence-electron chi connectivity index (χ1n) is 7.78. The first-order valence-corrected chi connectivity index (χ1v) is 7.78. The highest BCUT2D eigenvalue weighted by atomic mass is 35.5. The van der Waals surface area contributed by atoms with Gasteiger partial charge in [0.1, 0.15) is 11.6 Å². The maximum absolute atomic E-state index is 10.2. The van der Waals surface area contributed by atoms with Crippen molar-refractivity contribution in [1.29, 1.82) is 0 Å². The average Bonchev–Trinajstić information content (AvgIpc) is 2.53. The number of nitrogen functional groups attached to an aromatic ring is 1. The molecule has 0 saturated carbocycles. The molecule has 2 rings (SSSR count). The number of β-amino-alcohol motifs (C(OH)–C–C–N with tert-alkyl or cyclic N) is 1. The molecule has 0 saturated heterocycles. The molecule has 0 aliphatic rings. The number of anilines is 1. The number of nitrogens with two attached hydrogens (primary N) is 1. The third kappa shape index (κ3) is 7.92. The summed E-state index contributed by atoms with van der Waals surface area (Å²) >= 11 is 0. The molecule has 1 atom stereocenters. The van der Waals surface area contributed by atoms with Gasteiger partial charge in [-0.1, -0.05) is 18.2 Å². The molecule has 5 nitrogen and oxygen atoms in total. The van der Waals surface area contributed by atoms with Crippen LogP contribution in [-0.4, -0.2) is 27.3 Å². The fourth-order valence-electron chi connectivity index (χ4n) is 2.31. The van der Waals surface area contributed by atoms with E-state index in [9.17, 15) is 10.2 Å². The van der Waals surface area contributed by atoms with Crippen molar-refractivity contribution in [1.82, 2.24) is 10.3 Å². The van der Waals surface area contributed by atoms with Gasteiger partial charge in [0.25, 0.3) is 0 Å². The maximum Gasteiger partial charge on any atom is 0.123 e. The second kappa shape index (κ2) is 10.5. The molecule has 0 unspecified atom stereocenters. The van der Waals surface area contributed by atoms with Gasteiger partial charge in [-0.2, -0.15) is 0 Å². The van der Waals surface area contributed by atoms with Crippen LogP contribution in [0.5, 0.6) is 5.75 Å². The van der Waals surface area contributed by atoms with E-state index >= 15 is 0 Å². The van der Waals surface area contributed by atoms with Crippen LogP contribution in [0.15, 0.2) is 42.6 Å². The Kier molecular flexibility index (Phi) is 9.82. The fourth-order valence-corrected chi connectivity index (χ4v) is 2.31. The molecule has 5 N–H and O–H groups in total. The van der Waals surface area contributed by atoms with Crippen molar-refractivity contribution < 1.29 is 10.2 Å². The van der Waals surface area contributed by atoms with Gasteiger partial charge in [0, 0.05) is 23.8 Å². The number of aliphatic hydroxyl groups is 1. The van der Waals surface area contributed by atoms with Crippen molar-refractivity contribution in [2.24, 2.45) is 0 Å². The van der Waals surface area contributed by atoms with Crippen molar-refractivity contribution in [3.05, 3.63) is 53.7 Å². The van der Waals surface area contributed by atoms with E-state index in [4.69, 9.17) is 5.73 Å². The summed E-state index contributed by atoms with van der Waals surface area (Å²) in [6, 6.07) is 10.7. The number of aryl methyl sites for hydroxylation is 1. The average molecular weight is 388 g/mol. The fraction of sp³-hybridized carbons (Fsp3) is 0.389. The van der Waals surface area contributed by atoms with Gasteiger partial charge in [-0.3, -0.25) is 0 Å². The largest absolute Gasteiger partial charge is 0.508 e. The summed E-state index contributed by atoms with van der Waals surface area (Å²) in [5.41, 5.74) is 7.37. The van der Waals surface area contributed by atoms with Crippen LogP contribution in [0, 0.1) is 0 Å². The molecule has 1 aromatic carbocycles. The molecule has 2 aromatic rings. The number of phenols is 1. The van der Waals surface area contributed by atoms with E-state index in [0.29, 0.717) is 12.4 Å². The highest BCUT2D eigenvalue weighted by Crippen LogP contribution is 2.18. The Labute approximate surface area is 161 Å². The molecule has 0 amide bonds. The third-order valence-electron chi connectivity index (χ3n) is 3.94. The Morgan fingerprint density at radius 2 is 1.76 bits per heavy atom. The number of nitrogens with zero attached hydrogens (tertiary/aromatic N) is 1. The number of aliphatic hydroxyl groups excluding tert-OH is 1. The zero-order valence-corrected chi connectivity index (χ0v) is 16.1. The molecule has 0 aliphatic carbocycles. The lowest BCUT2D eigenvalue weighted by Crippen LogP contribution is -2.42. The zero-order valence-electron chi connectivity index (χ0n) is 14.5. The van der Waals surface area contributed by atoms with Crippen LogP contribution in [0.3, 0.4) is 0 Å². The van der Waals surface area contributed by atoms with E-state index in [1.807, 2.05) is 12.1 Å². The van der Waals surface area contributed by atoms with Gasteiger partial charge in [-0.25, -0.2) is 4.98 Å². The van der Waals surface area contributed by atoms with Crippen LogP contribution in [0.25, 0.3) is 0 Å². The van der Waals surface area contributed by atoms with Crippen LogP contribution in [0.1, 0.15) is 37.5 Å². The van der Waals surface area contributed by atoms with Crippen molar-refractivity contribution in [2.75, 3.05) is 12.3 Å². The first kappa shape index (κ1) is 23.5. The molecule has 1 heterocycles. The molecule has 1 aromatic heterocycles. The quantitative estimate of drug-likeness (QED) is 0.585. The van der Waals surface area contributed by atoms with E-state index < -0.39 is 6.10 Å². The minimum Gasteiger partial charge on any atom is -0.508 e. The third-order valence-corrected chi connectivity index (χ3v) is 3.94. The Hall–Kier alpha value is -1.53. The predicted octanol–water partition coefficient (Wildman–Crippen LogP) is 3.25. The summed E-state index contributed by atoms with van der Waals surface area (Å²) in [7, 11) is 0. The summed E-state index contributed by atoms with van der Waals surface area (Å²) < 4.78 is 0. The summed E-state index contributed by atoms with van der Waals surface area (Å²) in [5.74, 6) is 0.731. The molecule has 0 bridgehead atoms. The molecule has 0 aliphatic heterocycles. The topological polar surface area (TPSA) is 91.4 Å². The van der Waals surface area contributed by atoms with Gasteiger partial charge in [0.05, 0.1) is 6.10 Å². The van der Waals surface area contributed by atoms with Crippen LogP contribution < -0.4 is 11.1 Å². The number of rotatable bonds is 7. The molecule has 25 heavy (non-hydrogen) atoms. The van der Waals surface area contributed by atoms with E-state index in [2.05, 4.69) is 24.1 Å². The van der Waals surface area contributed by atoms with Crippen LogP contribution in [-0.2, 0) is 6.42 Å². The van der Waals surface area contributed by atoms with E-state index in [1.165, 1.54) is 5.56 Å². The lowest BCUT2D eigenvalue weighted by Gasteiger charge is -2.28. The van der Waals surface area contributed by atoms with E-state index in [-0.39, 0.29) is 36.1 Å². The van der Waals surface area contributed by atoms with Gasteiger partial charge < -0.3 is 21.3 Å². The summed E-state index contributed by atoms with van der Waals surface area (Å²) in [6.45, 7) is 4.68. The summed E-state index contributed by atoms with van der Waals surface area (Å²) in [6.07, 6.45) is 2.81. The van der Waals surface area contributed by atoms with Crippen molar-refractivity contribution in [3.8, 4) is 5.75 Å². The van der Waals surface area contributed by atoms with Gasteiger partial charge in [0.2, 0.25) is 0 Å². The Bertz CT molecular complexity index is 619. The number of aromatic hydroxyl groups is 1. The minimum absolute atomic E-state index is 0. The summed E-state index contributed by atoms with van der Waals surface area (Å²) in [4.78, 5) is 4.00. The Morgan fingerprint density at radius 1 is 1.12 bits per heavy atom. The van der Waals surface area contributed by atoms with Crippen molar-refractivity contribution in [2.45, 2.75) is 38.3 Å². The standard InChI is InChI=1S/C18H25N3O2.2ClH/c1-18(2,10-9-13-3-6-15(22)7-4-13)21-12-16(23)14-5-8-17(19)20-11-14;;/h3-8,11,16,21-23H,9-10,12H2,1-2H3,(H2,19,20);2*1H/t16-;;/m0../s1. The second-order valence-corrected chi connectivity index (χ2v) is 6.46. The number of phenolic OH excluding ortho intramolecular Hbond substituents is 1. The van der Waals surface area contributed by atoms with Crippen LogP contribution in [0.4, 0.5) is 5.82 Å². The second-order valence-electron chi connectivity index (χ2n) is 6.46. The van der Waals surface area contributed by atoms with Crippen molar-refractivity contribution >= 4 is 30.6 Å². The first-order chi connectivity index (χ1) is 10.9. The molecule has 0 radical (unpaired) electrons. The number of benzene rings is 1. The molecular formula is C18H27Cl2N3O2. The van der Waals surface area contributed by atoms with Gasteiger partial charge >= 0.3 is 0 Å². The number of halogens is 2. The van der Waals surface area contributed by atoms with Crippen molar-refractivity contribution in [3.63, 3.8) is 0 Å². The van der Waals surface area contributed by atoms with Crippen LogP contribution >= 0.6 is 24.8 Å². The smallest absolute Gasteiger partial charge is 0.123 e. The SMILES string of the molecule is CC(C)(CCc1ccc(O)cc1)NC[C@H](O)c1ccc(N)nc1.Cl.Cl. The Morgan fingerprint density at radius 3 is 2.32 bits per heavy atom. The molecule has 0 fully saturated rings. The number of hydrogen-bond acceptors (Lipinski definition) is 5. The number of hydrogen-bond donors (Lipinski definition) is 4. The van der Waals surface area contributed by atoms with Crippen LogP contribution in [0.2, 0.25) is 0 Å². The predicted molar refractivity (Wildman–Crippen MR) is 107 cm³/mol. The molecule has 7 heteroatoms. The summed E-state index contributed by atoms with van der Waals surface area (Å²) in [5, 5.41) is 22.9. The molecule has 0 spiro atoms. The zero-order chi connectivity index (χ0) is 16.9. The minimum atomic E-state index is -0.615. The highest BCUT2D eigenvalue weighted by Gasteiger charge is 2.19. The van der Waals surface area contributed by atoms with Gasteiger partial charge in [-0.15, -0.1) is 24.8 Å². The molecule has 140 valence electrons. The van der Waals surface area contributed by atoms with Gasteiger partial charge in [0.15, 0.2) is 0 Å². The lowest BCUT2D eigenvalue weighted by molar-refractivity contribution is 0.159. The maximum atomic E-state index is 10.2. The lowest BCUT2D eigenvalue weighted by atomic mass is 9.94. The number of nitrogens with one attached hydrogen (secondary N) is 1. The van der Waals surface area contributed by atoms with E-state index in [0.717, 1.165) is 18.4 Å². The van der Waals surface area contributed by atoms with E-state index in [1.54, 1.807) is 30.5 Å². The monoisotopic (exact) mass is 387 g/mol. The molecular weight excluding hydrogens is 361 g/mol. The number of aromatic nitrogens is 1. The van der Waals surface area contributed by atoms with Gasteiger partial charge in [-0.05, 0) is 50.5 Å². The Balaban J connectivity index is 0.00000288. The highest BCUT2D eigenvalue weighted by molar-refractivity contribution is 5.85.